The lowest BCUT2D eigenvalue weighted by Gasteiger charge is -2.14. The van der Waals surface area contributed by atoms with Crippen molar-refractivity contribution >= 4 is 17.6 Å². The minimum atomic E-state index is -0.350. The molecule has 0 radical (unpaired) electrons. The molecule has 2 nitrogen and oxygen atoms in total. The smallest absolute Gasteiger partial charge is 0.150 e. The molecule has 1 heterocycles. The molecular formula is C15H16FNOS. The first kappa shape index (κ1) is 13.9. The highest BCUT2D eigenvalue weighted by atomic mass is 32.1. The fourth-order valence-electron chi connectivity index (χ4n) is 1.68. The van der Waals surface area contributed by atoms with Crippen LogP contribution in [0.2, 0.25) is 0 Å². The van der Waals surface area contributed by atoms with Gasteiger partial charge in [-0.25, -0.2) is 9.37 Å². The summed E-state index contributed by atoms with van der Waals surface area (Å²) in [6.07, 6.45) is 1.11. The third-order valence-electron chi connectivity index (χ3n) is 2.88. The Morgan fingerprint density at radius 1 is 1.37 bits per heavy atom. The van der Waals surface area contributed by atoms with Crippen LogP contribution in [-0.2, 0) is 11.8 Å². The molecule has 19 heavy (non-hydrogen) atoms. The molecule has 0 spiro atoms. The number of aromatic nitrogens is 1. The summed E-state index contributed by atoms with van der Waals surface area (Å²) in [4.78, 5) is 15.1. The van der Waals surface area contributed by atoms with E-state index in [4.69, 9.17) is 0 Å². The van der Waals surface area contributed by atoms with Crippen LogP contribution in [0.3, 0.4) is 0 Å². The Morgan fingerprint density at radius 3 is 2.63 bits per heavy atom. The zero-order valence-electron chi connectivity index (χ0n) is 11.2. The van der Waals surface area contributed by atoms with Gasteiger partial charge in [-0.1, -0.05) is 32.9 Å². The average molecular weight is 277 g/mol. The average Bonchev–Trinajstić information content (AvgIpc) is 2.80. The van der Waals surface area contributed by atoms with Crippen molar-refractivity contribution < 1.29 is 9.18 Å². The first-order valence-corrected chi connectivity index (χ1v) is 6.96. The second-order valence-electron chi connectivity index (χ2n) is 5.52. The molecule has 0 aliphatic carbocycles. The summed E-state index contributed by atoms with van der Waals surface area (Å²) in [6, 6.07) is 4.54. The molecule has 100 valence electrons. The molecule has 0 saturated carbocycles. The minimum absolute atomic E-state index is 0.00860. The lowest BCUT2D eigenvalue weighted by molar-refractivity contribution is 0.112. The molecule has 1 aromatic carbocycles. The summed E-state index contributed by atoms with van der Waals surface area (Å²) in [6.45, 7) is 6.31. The van der Waals surface area contributed by atoms with Gasteiger partial charge in [-0.15, -0.1) is 11.3 Å². The molecule has 0 saturated heterocycles. The zero-order chi connectivity index (χ0) is 14.0. The zero-order valence-corrected chi connectivity index (χ0v) is 12.1. The SMILES string of the molecule is CC(C)(C)c1csc(Cc2ccc(C=O)cc2F)n1. The number of thiazole rings is 1. The number of hydrogen-bond acceptors (Lipinski definition) is 3. The Hall–Kier alpha value is -1.55. The van der Waals surface area contributed by atoms with Crippen LogP contribution in [0.15, 0.2) is 23.6 Å². The third-order valence-corrected chi connectivity index (χ3v) is 3.72. The van der Waals surface area contributed by atoms with Crippen molar-refractivity contribution in [2.45, 2.75) is 32.6 Å². The molecular weight excluding hydrogens is 261 g/mol. The van der Waals surface area contributed by atoms with E-state index in [9.17, 15) is 9.18 Å². The lowest BCUT2D eigenvalue weighted by atomic mass is 9.93. The number of halogens is 1. The molecule has 0 amide bonds. The van der Waals surface area contributed by atoms with E-state index in [1.165, 1.54) is 6.07 Å². The second-order valence-corrected chi connectivity index (χ2v) is 6.46. The van der Waals surface area contributed by atoms with E-state index in [1.807, 2.05) is 5.38 Å². The van der Waals surface area contributed by atoms with E-state index < -0.39 is 0 Å². The van der Waals surface area contributed by atoms with Gasteiger partial charge >= 0.3 is 0 Å². The maximum atomic E-state index is 13.8. The Kier molecular flexibility index (Phi) is 3.80. The van der Waals surface area contributed by atoms with Crippen molar-refractivity contribution in [1.29, 1.82) is 0 Å². The van der Waals surface area contributed by atoms with E-state index in [1.54, 1.807) is 23.5 Å². The summed E-state index contributed by atoms with van der Waals surface area (Å²) in [5, 5.41) is 2.91. The monoisotopic (exact) mass is 277 g/mol. The molecule has 0 N–H and O–H groups in total. The van der Waals surface area contributed by atoms with Gasteiger partial charge in [-0.05, 0) is 11.6 Å². The molecule has 0 atom stereocenters. The standard InChI is InChI=1S/C15H16FNOS/c1-15(2,3)13-9-19-14(17-13)7-11-5-4-10(8-18)6-12(11)16/h4-6,8-9H,7H2,1-3H3. The summed E-state index contributed by atoms with van der Waals surface area (Å²) in [5.74, 6) is -0.350. The van der Waals surface area contributed by atoms with Crippen molar-refractivity contribution in [3.8, 4) is 0 Å². The van der Waals surface area contributed by atoms with Crippen molar-refractivity contribution in [3.63, 3.8) is 0 Å². The van der Waals surface area contributed by atoms with Gasteiger partial charge in [0.25, 0.3) is 0 Å². The predicted octanol–water partition coefficient (Wildman–Crippen LogP) is 3.98. The number of benzene rings is 1. The van der Waals surface area contributed by atoms with Gasteiger partial charge < -0.3 is 0 Å². The van der Waals surface area contributed by atoms with Crippen molar-refractivity contribution in [1.82, 2.24) is 4.98 Å². The Morgan fingerprint density at radius 2 is 2.11 bits per heavy atom. The molecule has 2 rings (SSSR count). The van der Waals surface area contributed by atoms with Crippen LogP contribution < -0.4 is 0 Å². The maximum Gasteiger partial charge on any atom is 0.150 e. The Bertz CT molecular complexity index is 598. The fraction of sp³-hybridized carbons (Fsp3) is 0.333. The van der Waals surface area contributed by atoms with E-state index >= 15 is 0 Å². The Balaban J connectivity index is 2.22. The topological polar surface area (TPSA) is 30.0 Å². The van der Waals surface area contributed by atoms with Crippen LogP contribution in [0, 0.1) is 5.82 Å². The Labute approximate surface area is 116 Å². The van der Waals surface area contributed by atoms with Gasteiger partial charge in [0.1, 0.15) is 12.1 Å². The summed E-state index contributed by atoms with van der Waals surface area (Å²) < 4.78 is 13.8. The number of aldehydes is 1. The van der Waals surface area contributed by atoms with Crippen LogP contribution in [0.1, 0.15) is 47.4 Å². The van der Waals surface area contributed by atoms with E-state index in [0.717, 1.165) is 10.7 Å². The van der Waals surface area contributed by atoms with Gasteiger partial charge in [0.05, 0.1) is 10.7 Å². The highest BCUT2D eigenvalue weighted by Gasteiger charge is 2.17. The molecule has 4 heteroatoms. The first-order valence-electron chi connectivity index (χ1n) is 6.08. The van der Waals surface area contributed by atoms with Crippen LogP contribution in [0.5, 0.6) is 0 Å². The molecule has 1 aromatic heterocycles. The number of rotatable bonds is 3. The van der Waals surface area contributed by atoms with Gasteiger partial charge in [0.2, 0.25) is 0 Å². The largest absolute Gasteiger partial charge is 0.298 e. The summed E-state index contributed by atoms with van der Waals surface area (Å²) in [5.41, 5.74) is 1.96. The van der Waals surface area contributed by atoms with Crippen molar-refractivity contribution in [2.24, 2.45) is 0 Å². The molecule has 0 aliphatic rings. The summed E-state index contributed by atoms with van der Waals surface area (Å²) >= 11 is 1.54. The van der Waals surface area contributed by atoms with Crippen LogP contribution in [0.25, 0.3) is 0 Å². The van der Waals surface area contributed by atoms with Gasteiger partial charge in [-0.3, -0.25) is 4.79 Å². The van der Waals surface area contributed by atoms with E-state index in [2.05, 4.69) is 25.8 Å². The highest BCUT2D eigenvalue weighted by molar-refractivity contribution is 7.09. The van der Waals surface area contributed by atoms with Gasteiger partial charge in [0.15, 0.2) is 0 Å². The number of hydrogen-bond donors (Lipinski definition) is 0. The number of carbonyl (C=O) groups excluding carboxylic acids is 1. The first-order chi connectivity index (χ1) is 8.90. The molecule has 0 unspecified atom stereocenters. The van der Waals surface area contributed by atoms with E-state index in [-0.39, 0.29) is 11.2 Å². The highest BCUT2D eigenvalue weighted by Crippen LogP contribution is 2.25. The van der Waals surface area contributed by atoms with Crippen molar-refractivity contribution in [2.75, 3.05) is 0 Å². The fourth-order valence-corrected chi connectivity index (χ4v) is 2.72. The van der Waals surface area contributed by atoms with Gasteiger partial charge in [0, 0.05) is 22.8 Å². The van der Waals surface area contributed by atoms with Crippen LogP contribution >= 0.6 is 11.3 Å². The van der Waals surface area contributed by atoms with Crippen LogP contribution in [0.4, 0.5) is 4.39 Å². The van der Waals surface area contributed by atoms with Gasteiger partial charge in [-0.2, -0.15) is 0 Å². The molecule has 2 aromatic rings. The summed E-state index contributed by atoms with van der Waals surface area (Å²) in [7, 11) is 0. The van der Waals surface area contributed by atoms with E-state index in [0.29, 0.717) is 23.8 Å². The van der Waals surface area contributed by atoms with Crippen molar-refractivity contribution in [3.05, 3.63) is 51.2 Å². The molecule has 0 aliphatic heterocycles. The quantitative estimate of drug-likeness (QED) is 0.794. The molecule has 0 fully saturated rings. The molecule has 0 bridgehead atoms. The number of nitrogens with zero attached hydrogens (tertiary/aromatic N) is 1. The van der Waals surface area contributed by atoms with Crippen LogP contribution in [-0.4, -0.2) is 11.3 Å². The third kappa shape index (κ3) is 3.26. The minimum Gasteiger partial charge on any atom is -0.298 e. The number of carbonyl (C=O) groups is 1. The predicted molar refractivity (Wildman–Crippen MR) is 75.4 cm³/mol. The lowest BCUT2D eigenvalue weighted by Crippen LogP contribution is -2.11. The second kappa shape index (κ2) is 5.21. The normalized spacial score (nSPS) is 11.6. The maximum absolute atomic E-state index is 13.8.